The van der Waals surface area contributed by atoms with E-state index in [1.54, 1.807) is 6.20 Å². The minimum Gasteiger partial charge on any atom is -0.276 e. The molecule has 0 aliphatic carbocycles. The van der Waals surface area contributed by atoms with E-state index in [1.165, 1.54) is 5.56 Å². The highest BCUT2D eigenvalue weighted by Gasteiger charge is 1.99. The molecule has 0 aromatic carbocycles. The maximum absolute atomic E-state index is 5.69. The summed E-state index contributed by atoms with van der Waals surface area (Å²) in [5.74, 6) is 0.521. The van der Waals surface area contributed by atoms with Crippen molar-refractivity contribution in [3.8, 4) is 0 Å². The first kappa shape index (κ1) is 10.2. The molecular weight excluding hydrogens is 212 g/mol. The van der Waals surface area contributed by atoms with Crippen molar-refractivity contribution in [2.75, 3.05) is 0 Å². The Bertz CT molecular complexity index is 432. The van der Waals surface area contributed by atoms with Crippen LogP contribution in [0.15, 0.2) is 24.8 Å². The third-order valence-corrected chi connectivity index (χ3v) is 2.54. The molecule has 0 saturated carbocycles. The van der Waals surface area contributed by atoms with Gasteiger partial charge in [0.1, 0.15) is 0 Å². The van der Waals surface area contributed by atoms with E-state index in [1.807, 2.05) is 35.0 Å². The summed E-state index contributed by atoms with van der Waals surface area (Å²) in [7, 11) is 1.92. The van der Waals surface area contributed by atoms with E-state index in [4.69, 9.17) is 11.6 Å². The quantitative estimate of drug-likeness (QED) is 0.740. The predicted molar refractivity (Wildman–Crippen MR) is 58.7 cm³/mol. The number of hydrogen-bond donors (Lipinski definition) is 0. The molecule has 0 unspecified atom stereocenters. The van der Waals surface area contributed by atoms with Crippen LogP contribution in [0.2, 0.25) is 0 Å². The third kappa shape index (κ3) is 2.59. The predicted octanol–water partition coefficient (Wildman–Crippen LogP) is 1.60. The highest BCUT2D eigenvalue weighted by Crippen LogP contribution is 2.04. The normalized spacial score (nSPS) is 10.8. The van der Waals surface area contributed by atoms with Crippen molar-refractivity contribution in [3.63, 3.8) is 0 Å². The van der Waals surface area contributed by atoms with Gasteiger partial charge in [-0.15, -0.1) is 11.6 Å². The lowest BCUT2D eigenvalue weighted by molar-refractivity contribution is 0.614. The van der Waals surface area contributed by atoms with Gasteiger partial charge in [-0.1, -0.05) is 0 Å². The van der Waals surface area contributed by atoms with Crippen LogP contribution in [-0.4, -0.2) is 19.6 Å². The van der Waals surface area contributed by atoms with Gasteiger partial charge in [-0.25, -0.2) is 0 Å². The Balaban J connectivity index is 1.93. The molecule has 2 rings (SSSR count). The molecule has 0 amide bonds. The molecule has 0 radical (unpaired) electrons. The van der Waals surface area contributed by atoms with Gasteiger partial charge >= 0.3 is 0 Å². The molecule has 15 heavy (non-hydrogen) atoms. The molecule has 2 aromatic rings. The first-order valence-corrected chi connectivity index (χ1v) is 5.36. The van der Waals surface area contributed by atoms with Crippen molar-refractivity contribution in [1.29, 1.82) is 0 Å². The van der Waals surface area contributed by atoms with E-state index in [0.717, 1.165) is 18.5 Å². The summed E-state index contributed by atoms with van der Waals surface area (Å²) in [5.41, 5.74) is 2.28. The van der Waals surface area contributed by atoms with Crippen LogP contribution in [0, 0.1) is 0 Å². The molecule has 0 bridgehead atoms. The summed E-state index contributed by atoms with van der Waals surface area (Å²) in [6, 6.07) is 0. The molecule has 0 atom stereocenters. The smallest absolute Gasteiger partial charge is 0.0533 e. The number of aromatic nitrogens is 4. The lowest BCUT2D eigenvalue weighted by Gasteiger charge is -1.98. The molecule has 2 heterocycles. The van der Waals surface area contributed by atoms with E-state index in [9.17, 15) is 0 Å². The Morgan fingerprint density at radius 1 is 1.20 bits per heavy atom. The molecule has 0 spiro atoms. The molecule has 0 aliphatic heterocycles. The Kier molecular flexibility index (Phi) is 3.06. The van der Waals surface area contributed by atoms with Gasteiger partial charge in [-0.3, -0.25) is 9.36 Å². The summed E-state index contributed by atoms with van der Waals surface area (Å²) in [6.45, 7) is 0.864. The van der Waals surface area contributed by atoms with Crippen LogP contribution in [0.5, 0.6) is 0 Å². The van der Waals surface area contributed by atoms with Crippen molar-refractivity contribution >= 4 is 11.6 Å². The maximum atomic E-state index is 5.69. The van der Waals surface area contributed by atoms with Gasteiger partial charge in [0.05, 0.1) is 18.3 Å². The first-order chi connectivity index (χ1) is 7.28. The first-order valence-electron chi connectivity index (χ1n) is 4.83. The minimum absolute atomic E-state index is 0.521. The van der Waals surface area contributed by atoms with Crippen molar-refractivity contribution in [2.45, 2.75) is 18.8 Å². The monoisotopic (exact) mass is 224 g/mol. The average Bonchev–Trinajstić information content (AvgIpc) is 2.83. The summed E-state index contributed by atoms with van der Waals surface area (Å²) < 4.78 is 3.72. The second-order valence-corrected chi connectivity index (χ2v) is 3.78. The van der Waals surface area contributed by atoms with Crippen molar-refractivity contribution in [1.82, 2.24) is 19.6 Å². The fraction of sp³-hybridized carbons (Fsp3) is 0.400. The zero-order valence-electron chi connectivity index (χ0n) is 8.60. The van der Waals surface area contributed by atoms with Crippen LogP contribution in [0.25, 0.3) is 0 Å². The Morgan fingerprint density at radius 3 is 2.60 bits per heavy atom. The second-order valence-electron chi connectivity index (χ2n) is 3.52. The van der Waals surface area contributed by atoms with Crippen molar-refractivity contribution < 1.29 is 0 Å². The summed E-state index contributed by atoms with van der Waals surface area (Å²) in [5, 5.41) is 8.33. The summed E-state index contributed by atoms with van der Waals surface area (Å²) in [6.07, 6.45) is 8.62. The molecule has 0 N–H and O–H groups in total. The van der Waals surface area contributed by atoms with Crippen LogP contribution < -0.4 is 0 Å². The number of halogens is 1. The SMILES string of the molecule is Cn1cc(CCn2cc(CCl)cn2)cn1. The Morgan fingerprint density at radius 2 is 2.00 bits per heavy atom. The van der Waals surface area contributed by atoms with Crippen LogP contribution in [0.4, 0.5) is 0 Å². The minimum atomic E-state index is 0.521. The molecule has 0 aliphatic rings. The Hall–Kier alpha value is -1.29. The van der Waals surface area contributed by atoms with Crippen LogP contribution in [0.1, 0.15) is 11.1 Å². The van der Waals surface area contributed by atoms with Gasteiger partial charge in [-0.2, -0.15) is 10.2 Å². The fourth-order valence-corrected chi connectivity index (χ4v) is 1.58. The van der Waals surface area contributed by atoms with Crippen molar-refractivity contribution in [2.24, 2.45) is 7.05 Å². The summed E-state index contributed by atoms with van der Waals surface area (Å²) >= 11 is 5.69. The number of aryl methyl sites for hydroxylation is 3. The topological polar surface area (TPSA) is 35.6 Å². The van der Waals surface area contributed by atoms with E-state index >= 15 is 0 Å². The molecule has 4 nitrogen and oxygen atoms in total. The lowest BCUT2D eigenvalue weighted by Crippen LogP contribution is -2.00. The van der Waals surface area contributed by atoms with Gasteiger partial charge in [0.25, 0.3) is 0 Å². The molecule has 0 fully saturated rings. The Labute approximate surface area is 93.5 Å². The number of rotatable bonds is 4. The largest absolute Gasteiger partial charge is 0.276 e. The fourth-order valence-electron chi connectivity index (χ4n) is 1.44. The molecule has 80 valence electrons. The second kappa shape index (κ2) is 4.49. The van der Waals surface area contributed by atoms with E-state index in [-0.39, 0.29) is 0 Å². The van der Waals surface area contributed by atoms with Gasteiger partial charge in [-0.05, 0) is 12.0 Å². The molecule has 2 aromatic heterocycles. The zero-order valence-corrected chi connectivity index (χ0v) is 9.35. The van der Waals surface area contributed by atoms with Crippen molar-refractivity contribution in [3.05, 3.63) is 35.9 Å². The maximum Gasteiger partial charge on any atom is 0.0533 e. The van der Waals surface area contributed by atoms with E-state index in [0.29, 0.717) is 5.88 Å². The highest BCUT2D eigenvalue weighted by atomic mass is 35.5. The average molecular weight is 225 g/mol. The number of alkyl halides is 1. The number of nitrogens with zero attached hydrogens (tertiary/aromatic N) is 4. The lowest BCUT2D eigenvalue weighted by atomic mass is 10.2. The van der Waals surface area contributed by atoms with Gasteiger partial charge in [0.2, 0.25) is 0 Å². The third-order valence-electron chi connectivity index (χ3n) is 2.23. The van der Waals surface area contributed by atoms with Crippen LogP contribution in [-0.2, 0) is 25.9 Å². The molecule has 5 heteroatoms. The van der Waals surface area contributed by atoms with Crippen LogP contribution in [0.3, 0.4) is 0 Å². The van der Waals surface area contributed by atoms with Gasteiger partial charge in [0, 0.05) is 31.5 Å². The van der Waals surface area contributed by atoms with Crippen LogP contribution >= 0.6 is 11.6 Å². The standard InChI is InChI=1S/C10H13ClN4/c1-14-7-9(5-12-14)2-3-15-8-10(4-11)6-13-15/h5-8H,2-4H2,1H3. The number of hydrogen-bond acceptors (Lipinski definition) is 2. The highest BCUT2D eigenvalue weighted by molar-refractivity contribution is 6.17. The zero-order chi connectivity index (χ0) is 10.7. The molecule has 0 saturated heterocycles. The van der Waals surface area contributed by atoms with E-state index in [2.05, 4.69) is 10.2 Å². The molecular formula is C10H13ClN4. The summed E-state index contributed by atoms with van der Waals surface area (Å²) in [4.78, 5) is 0. The van der Waals surface area contributed by atoms with Gasteiger partial charge in [0.15, 0.2) is 0 Å². The van der Waals surface area contributed by atoms with E-state index < -0.39 is 0 Å². The van der Waals surface area contributed by atoms with Gasteiger partial charge < -0.3 is 0 Å².